The second kappa shape index (κ2) is 12.9. The molecule has 0 bridgehead atoms. The molecule has 0 aliphatic heterocycles. The maximum Gasteiger partial charge on any atom is 0.213 e. The third-order valence-corrected chi connectivity index (χ3v) is 4.40. The Bertz CT molecular complexity index is 769. The van der Waals surface area contributed by atoms with Crippen LogP contribution >= 0.6 is 11.6 Å². The molecule has 7 nitrogen and oxygen atoms in total. The monoisotopic (exact) mass is 420 g/mol. The summed E-state index contributed by atoms with van der Waals surface area (Å²) < 4.78 is 15.6. The first-order chi connectivity index (χ1) is 14.2. The van der Waals surface area contributed by atoms with Gasteiger partial charge in [0.2, 0.25) is 5.88 Å². The Morgan fingerprint density at radius 3 is 2.66 bits per heavy atom. The molecule has 8 heteroatoms. The molecule has 2 rings (SSSR count). The lowest BCUT2D eigenvalue weighted by molar-refractivity contribution is 0.143. The normalized spacial score (nSPS) is 11.2. The summed E-state index contributed by atoms with van der Waals surface area (Å²) in [6.45, 7) is 5.05. The van der Waals surface area contributed by atoms with Crippen molar-refractivity contribution < 1.29 is 14.2 Å². The van der Waals surface area contributed by atoms with Gasteiger partial charge in [0, 0.05) is 37.5 Å². The third-order valence-electron chi connectivity index (χ3n) is 4.05. The van der Waals surface area contributed by atoms with Crippen LogP contribution in [0.25, 0.3) is 0 Å². The topological polar surface area (TPSA) is 77.0 Å². The molecular weight excluding hydrogens is 392 g/mol. The number of ether oxygens (including phenoxy) is 3. The molecule has 0 spiro atoms. The summed E-state index contributed by atoms with van der Waals surface area (Å²) in [6.07, 6.45) is 2.55. The Balaban J connectivity index is 1.85. The van der Waals surface area contributed by atoms with E-state index >= 15 is 0 Å². The van der Waals surface area contributed by atoms with Crippen LogP contribution in [0.15, 0.2) is 41.5 Å². The van der Waals surface area contributed by atoms with Gasteiger partial charge in [0.05, 0.1) is 20.3 Å². The molecule has 0 aliphatic carbocycles. The average molecular weight is 421 g/mol. The molecule has 0 fully saturated rings. The predicted molar refractivity (Wildman–Crippen MR) is 116 cm³/mol. The standard InChI is InChI=1S/C21H29ClN4O3/c1-4-23-21(24-10-9-17-6-7-18(28-3)13-19(17)22)26-15-16-5-8-20(25-14-16)29-12-11-27-2/h5-8,13-14H,4,9-12,15H2,1-3H3,(H2,23,24,26). The minimum absolute atomic E-state index is 0.480. The van der Waals surface area contributed by atoms with Crippen LogP contribution in [0.2, 0.25) is 5.02 Å². The van der Waals surface area contributed by atoms with Gasteiger partial charge in [-0.15, -0.1) is 0 Å². The van der Waals surface area contributed by atoms with Gasteiger partial charge >= 0.3 is 0 Å². The fraction of sp³-hybridized carbons (Fsp3) is 0.429. The number of rotatable bonds is 11. The van der Waals surface area contributed by atoms with Crippen LogP contribution in [0.1, 0.15) is 18.1 Å². The molecular formula is C21H29ClN4O3. The Kier molecular flexibility index (Phi) is 10.1. The number of aliphatic imine (C=N–C) groups is 1. The fourth-order valence-corrected chi connectivity index (χ4v) is 2.77. The van der Waals surface area contributed by atoms with Gasteiger partial charge in [-0.05, 0) is 36.6 Å². The average Bonchev–Trinajstić information content (AvgIpc) is 2.74. The lowest BCUT2D eigenvalue weighted by Gasteiger charge is -2.12. The van der Waals surface area contributed by atoms with Crippen molar-refractivity contribution in [3.8, 4) is 11.6 Å². The molecule has 0 aliphatic rings. The molecule has 0 saturated carbocycles. The highest BCUT2D eigenvalue weighted by Crippen LogP contribution is 2.22. The van der Waals surface area contributed by atoms with Crippen LogP contribution in [0.3, 0.4) is 0 Å². The van der Waals surface area contributed by atoms with Crippen molar-refractivity contribution in [2.45, 2.75) is 19.9 Å². The highest BCUT2D eigenvalue weighted by atomic mass is 35.5. The highest BCUT2D eigenvalue weighted by molar-refractivity contribution is 6.31. The second-order valence-corrected chi connectivity index (χ2v) is 6.58. The lowest BCUT2D eigenvalue weighted by atomic mass is 10.1. The molecule has 0 amide bonds. The van der Waals surface area contributed by atoms with Gasteiger partial charge in [0.1, 0.15) is 12.4 Å². The van der Waals surface area contributed by atoms with E-state index in [4.69, 9.17) is 25.8 Å². The smallest absolute Gasteiger partial charge is 0.213 e. The van der Waals surface area contributed by atoms with Crippen LogP contribution in [0.5, 0.6) is 11.6 Å². The molecule has 1 aromatic heterocycles. The SMILES string of the molecule is CCNC(=NCc1ccc(OCCOC)nc1)NCCc1ccc(OC)cc1Cl. The Morgan fingerprint density at radius 1 is 1.14 bits per heavy atom. The summed E-state index contributed by atoms with van der Waals surface area (Å²) in [7, 11) is 3.27. The lowest BCUT2D eigenvalue weighted by Crippen LogP contribution is -2.38. The molecule has 0 unspecified atom stereocenters. The molecule has 2 aromatic rings. The Morgan fingerprint density at radius 2 is 2.00 bits per heavy atom. The molecule has 29 heavy (non-hydrogen) atoms. The number of nitrogens with one attached hydrogen (secondary N) is 2. The van der Waals surface area contributed by atoms with Gasteiger partial charge in [-0.25, -0.2) is 9.98 Å². The largest absolute Gasteiger partial charge is 0.497 e. The van der Waals surface area contributed by atoms with Crippen molar-refractivity contribution in [2.75, 3.05) is 40.5 Å². The molecule has 2 N–H and O–H groups in total. The van der Waals surface area contributed by atoms with Crippen molar-refractivity contribution in [1.82, 2.24) is 15.6 Å². The molecule has 0 radical (unpaired) electrons. The van der Waals surface area contributed by atoms with Crippen LogP contribution in [-0.2, 0) is 17.7 Å². The number of nitrogens with zero attached hydrogens (tertiary/aromatic N) is 2. The summed E-state index contributed by atoms with van der Waals surface area (Å²) in [4.78, 5) is 8.90. The number of halogens is 1. The number of aromatic nitrogens is 1. The highest BCUT2D eigenvalue weighted by Gasteiger charge is 2.04. The summed E-state index contributed by atoms with van der Waals surface area (Å²) in [6, 6.07) is 9.52. The Labute approximate surface area is 177 Å². The molecule has 158 valence electrons. The summed E-state index contributed by atoms with van der Waals surface area (Å²) in [5.74, 6) is 2.08. The van der Waals surface area contributed by atoms with E-state index < -0.39 is 0 Å². The number of pyridine rings is 1. The third kappa shape index (κ3) is 8.17. The molecule has 0 atom stereocenters. The number of benzene rings is 1. The van der Waals surface area contributed by atoms with Crippen LogP contribution in [0, 0.1) is 0 Å². The van der Waals surface area contributed by atoms with Crippen molar-refractivity contribution >= 4 is 17.6 Å². The summed E-state index contributed by atoms with van der Waals surface area (Å²) in [5, 5.41) is 7.28. The quantitative estimate of drug-likeness (QED) is 0.330. The number of hydrogen-bond acceptors (Lipinski definition) is 5. The van der Waals surface area contributed by atoms with Crippen molar-refractivity contribution in [3.63, 3.8) is 0 Å². The van der Waals surface area contributed by atoms with E-state index in [1.165, 1.54) is 0 Å². The first kappa shape index (κ1) is 22.8. The molecule has 0 saturated heterocycles. The maximum absolute atomic E-state index is 6.30. The zero-order chi connectivity index (χ0) is 20.9. The van der Waals surface area contributed by atoms with Gasteiger partial charge in [-0.2, -0.15) is 0 Å². The van der Waals surface area contributed by atoms with Crippen LogP contribution < -0.4 is 20.1 Å². The van der Waals surface area contributed by atoms with Gasteiger partial charge < -0.3 is 24.8 Å². The van der Waals surface area contributed by atoms with E-state index in [1.807, 2.05) is 37.3 Å². The van der Waals surface area contributed by atoms with Gasteiger partial charge in [-0.1, -0.05) is 23.7 Å². The van der Waals surface area contributed by atoms with Crippen molar-refractivity contribution in [1.29, 1.82) is 0 Å². The van der Waals surface area contributed by atoms with Gasteiger partial charge in [-0.3, -0.25) is 0 Å². The number of methoxy groups -OCH3 is 2. The minimum Gasteiger partial charge on any atom is -0.497 e. The van der Waals surface area contributed by atoms with E-state index in [0.29, 0.717) is 37.2 Å². The van der Waals surface area contributed by atoms with E-state index in [-0.39, 0.29) is 0 Å². The number of hydrogen-bond donors (Lipinski definition) is 2. The van der Waals surface area contributed by atoms with Crippen molar-refractivity contribution in [2.24, 2.45) is 4.99 Å². The predicted octanol–water partition coefficient (Wildman–Crippen LogP) is 3.07. The second-order valence-electron chi connectivity index (χ2n) is 6.18. The van der Waals surface area contributed by atoms with Gasteiger partial charge in [0.25, 0.3) is 0 Å². The zero-order valence-corrected chi connectivity index (χ0v) is 18.0. The summed E-state index contributed by atoms with van der Waals surface area (Å²) >= 11 is 6.30. The summed E-state index contributed by atoms with van der Waals surface area (Å²) in [5.41, 5.74) is 2.06. The fourth-order valence-electron chi connectivity index (χ4n) is 2.50. The van der Waals surface area contributed by atoms with Crippen LogP contribution in [-0.4, -0.2) is 51.5 Å². The van der Waals surface area contributed by atoms with E-state index in [0.717, 1.165) is 35.8 Å². The van der Waals surface area contributed by atoms with E-state index in [9.17, 15) is 0 Å². The van der Waals surface area contributed by atoms with E-state index in [2.05, 4.69) is 20.6 Å². The molecule has 1 aromatic carbocycles. The minimum atomic E-state index is 0.480. The van der Waals surface area contributed by atoms with Crippen LogP contribution in [0.4, 0.5) is 0 Å². The van der Waals surface area contributed by atoms with Crippen molar-refractivity contribution in [3.05, 3.63) is 52.7 Å². The maximum atomic E-state index is 6.30. The van der Waals surface area contributed by atoms with Gasteiger partial charge in [0.15, 0.2) is 5.96 Å². The molecule has 1 heterocycles. The zero-order valence-electron chi connectivity index (χ0n) is 17.2. The van der Waals surface area contributed by atoms with E-state index in [1.54, 1.807) is 20.4 Å². The first-order valence-electron chi connectivity index (χ1n) is 9.57. The first-order valence-corrected chi connectivity index (χ1v) is 9.95. The number of guanidine groups is 1. The Hall–Kier alpha value is -2.51.